The van der Waals surface area contributed by atoms with Crippen LogP contribution in [0, 0.1) is 0 Å². The third-order valence-corrected chi connectivity index (χ3v) is 2.07. The summed E-state index contributed by atoms with van der Waals surface area (Å²) in [7, 11) is 0. The summed E-state index contributed by atoms with van der Waals surface area (Å²) in [6, 6.07) is 2.89. The molecule has 0 spiro atoms. The van der Waals surface area contributed by atoms with Gasteiger partial charge in [-0.05, 0) is 12.1 Å². The van der Waals surface area contributed by atoms with Gasteiger partial charge in [0, 0.05) is 6.92 Å². The SMILES string of the molecule is CC(=O)Nc1nc2ccc([B-](F)(F)F)cc2o1.[K+]. The van der Waals surface area contributed by atoms with Crippen LogP contribution in [0.2, 0.25) is 0 Å². The van der Waals surface area contributed by atoms with Gasteiger partial charge in [-0.25, -0.2) is 0 Å². The summed E-state index contributed by atoms with van der Waals surface area (Å²) in [6.07, 6.45) is 0. The number of rotatable bonds is 2. The number of anilines is 1. The van der Waals surface area contributed by atoms with Crippen molar-refractivity contribution in [2.75, 3.05) is 5.32 Å². The average Bonchev–Trinajstić information content (AvgIpc) is 2.55. The molecule has 9 heteroatoms. The molecule has 1 heterocycles. The molecule has 0 fully saturated rings. The molecule has 0 bridgehead atoms. The smallest absolute Gasteiger partial charge is 0.445 e. The molecule has 90 valence electrons. The van der Waals surface area contributed by atoms with Crippen LogP contribution in [0.1, 0.15) is 6.92 Å². The zero-order valence-electron chi connectivity index (χ0n) is 9.71. The molecule has 1 aromatic carbocycles. The Labute approximate surface area is 143 Å². The summed E-state index contributed by atoms with van der Waals surface area (Å²) in [6.45, 7) is -3.82. The summed E-state index contributed by atoms with van der Waals surface area (Å²) >= 11 is 0. The number of hydrogen-bond acceptors (Lipinski definition) is 3. The molecule has 2 rings (SSSR count). The van der Waals surface area contributed by atoms with E-state index in [1.54, 1.807) is 0 Å². The van der Waals surface area contributed by atoms with Crippen LogP contribution >= 0.6 is 0 Å². The second kappa shape index (κ2) is 5.74. The number of aromatic nitrogens is 1. The van der Waals surface area contributed by atoms with E-state index in [2.05, 4.69) is 10.3 Å². The van der Waals surface area contributed by atoms with Gasteiger partial charge in [0.1, 0.15) is 5.52 Å². The summed E-state index contributed by atoms with van der Waals surface area (Å²) in [5.74, 6) is -0.406. The minimum atomic E-state index is -5.07. The molecule has 0 aliphatic heterocycles. The number of halogens is 3. The van der Waals surface area contributed by atoms with Crippen molar-refractivity contribution in [2.45, 2.75) is 6.92 Å². The van der Waals surface area contributed by atoms with Crippen LogP contribution in [0.15, 0.2) is 22.6 Å². The first-order valence-electron chi connectivity index (χ1n) is 4.74. The van der Waals surface area contributed by atoms with Gasteiger partial charge in [-0.2, -0.15) is 4.98 Å². The molecule has 0 aliphatic carbocycles. The number of carbonyl (C=O) groups excluding carboxylic acids is 1. The van der Waals surface area contributed by atoms with Gasteiger partial charge in [0.2, 0.25) is 5.91 Å². The van der Waals surface area contributed by atoms with E-state index < -0.39 is 18.3 Å². The van der Waals surface area contributed by atoms with Crippen molar-refractivity contribution < 1.29 is 73.5 Å². The predicted octanol–water partition coefficient (Wildman–Crippen LogP) is -1.16. The molecule has 0 atom stereocenters. The minimum Gasteiger partial charge on any atom is -0.445 e. The normalized spacial score (nSPS) is 11.1. The molecule has 0 unspecified atom stereocenters. The maximum absolute atomic E-state index is 12.5. The third-order valence-electron chi connectivity index (χ3n) is 2.07. The number of nitrogens with zero attached hydrogens (tertiary/aromatic N) is 1. The molecule has 0 saturated carbocycles. The minimum absolute atomic E-state index is 0. The largest absolute Gasteiger partial charge is 1.00 e. The summed E-state index contributed by atoms with van der Waals surface area (Å²) < 4.78 is 42.4. The molecule has 2 aromatic rings. The van der Waals surface area contributed by atoms with Crippen molar-refractivity contribution in [2.24, 2.45) is 0 Å². The van der Waals surface area contributed by atoms with Crippen molar-refractivity contribution in [3.8, 4) is 0 Å². The fourth-order valence-electron chi connectivity index (χ4n) is 1.35. The summed E-state index contributed by atoms with van der Waals surface area (Å²) in [4.78, 5) is 14.5. The summed E-state index contributed by atoms with van der Waals surface area (Å²) in [5.41, 5.74) is -0.508. The van der Waals surface area contributed by atoms with Gasteiger partial charge in [-0.1, -0.05) is 6.07 Å². The summed E-state index contributed by atoms with van der Waals surface area (Å²) in [5, 5.41) is 2.26. The van der Waals surface area contributed by atoms with Crippen molar-refractivity contribution >= 4 is 35.5 Å². The second-order valence-corrected chi connectivity index (χ2v) is 3.50. The van der Waals surface area contributed by atoms with E-state index in [0.29, 0.717) is 0 Å². The first-order valence-corrected chi connectivity index (χ1v) is 4.74. The van der Waals surface area contributed by atoms with Crippen molar-refractivity contribution in [3.63, 3.8) is 0 Å². The van der Waals surface area contributed by atoms with Crippen LogP contribution in [0.3, 0.4) is 0 Å². The van der Waals surface area contributed by atoms with Crippen LogP contribution in [-0.4, -0.2) is 17.9 Å². The Kier molecular flexibility index (Phi) is 5.01. The fourth-order valence-corrected chi connectivity index (χ4v) is 1.35. The number of oxazole rings is 1. The van der Waals surface area contributed by atoms with Crippen LogP contribution in [0.5, 0.6) is 0 Å². The van der Waals surface area contributed by atoms with Crippen LogP contribution in [0.25, 0.3) is 11.1 Å². The van der Waals surface area contributed by atoms with Gasteiger partial charge in [0.25, 0.3) is 0 Å². The molecule has 0 saturated heterocycles. The number of amides is 1. The molecule has 1 N–H and O–H groups in total. The second-order valence-electron chi connectivity index (χ2n) is 3.50. The first-order chi connectivity index (χ1) is 7.86. The van der Waals surface area contributed by atoms with Gasteiger partial charge in [0.15, 0.2) is 5.58 Å². The van der Waals surface area contributed by atoms with E-state index in [0.717, 1.165) is 12.1 Å². The zero-order chi connectivity index (χ0) is 12.6. The average molecular weight is 282 g/mol. The van der Waals surface area contributed by atoms with Crippen molar-refractivity contribution in [1.29, 1.82) is 0 Å². The van der Waals surface area contributed by atoms with Crippen LogP contribution < -0.4 is 62.2 Å². The standard InChI is InChI=1S/C9H7BF3N2O2.K/c1-5(16)14-9-15-7-3-2-6(10(11,12)13)4-8(7)17-9;/h2-4H,1H3,(H,14,15,16);/q-1;+1. The van der Waals surface area contributed by atoms with Gasteiger partial charge >= 0.3 is 64.4 Å². The molecule has 18 heavy (non-hydrogen) atoms. The quantitative estimate of drug-likeness (QED) is 0.707. The van der Waals surface area contributed by atoms with E-state index in [1.807, 2.05) is 0 Å². The van der Waals surface area contributed by atoms with Gasteiger partial charge < -0.3 is 17.4 Å². The van der Waals surface area contributed by atoms with Crippen LogP contribution in [0.4, 0.5) is 19.0 Å². The molecule has 4 nitrogen and oxygen atoms in total. The Bertz CT molecular complexity index is 585. The Morgan fingerprint density at radius 1 is 1.39 bits per heavy atom. The molecule has 1 aromatic heterocycles. The van der Waals surface area contributed by atoms with E-state index in [4.69, 9.17) is 4.42 Å². The Hall–Kier alpha value is -0.349. The fraction of sp³-hybridized carbons (Fsp3) is 0.111. The monoisotopic (exact) mass is 282 g/mol. The van der Waals surface area contributed by atoms with Gasteiger partial charge in [-0.15, -0.1) is 5.46 Å². The number of carbonyl (C=O) groups is 1. The van der Waals surface area contributed by atoms with E-state index in [1.165, 1.54) is 13.0 Å². The first kappa shape index (κ1) is 15.7. The maximum Gasteiger partial charge on any atom is 1.00 e. The molecule has 0 radical (unpaired) electrons. The Balaban J connectivity index is 0.00000162. The maximum atomic E-state index is 12.5. The molecular weight excluding hydrogens is 275 g/mol. The van der Waals surface area contributed by atoms with Crippen molar-refractivity contribution in [1.82, 2.24) is 4.98 Å². The number of benzene rings is 1. The molecule has 1 amide bonds. The number of nitrogens with one attached hydrogen (secondary N) is 1. The number of hydrogen-bond donors (Lipinski definition) is 1. The van der Waals surface area contributed by atoms with E-state index in [9.17, 15) is 17.7 Å². The van der Waals surface area contributed by atoms with Gasteiger partial charge in [0.05, 0.1) is 0 Å². The van der Waals surface area contributed by atoms with Crippen LogP contribution in [-0.2, 0) is 4.79 Å². The Morgan fingerprint density at radius 3 is 2.61 bits per heavy atom. The predicted molar refractivity (Wildman–Crippen MR) is 57.0 cm³/mol. The topological polar surface area (TPSA) is 55.1 Å². The van der Waals surface area contributed by atoms with Gasteiger partial charge in [-0.3, -0.25) is 10.1 Å². The van der Waals surface area contributed by atoms with Crippen molar-refractivity contribution in [3.05, 3.63) is 18.2 Å². The zero-order valence-corrected chi connectivity index (χ0v) is 12.8. The number of fused-ring (bicyclic) bond motifs is 1. The van der Waals surface area contributed by atoms with E-state index in [-0.39, 0.29) is 68.5 Å². The third kappa shape index (κ3) is 3.58. The Morgan fingerprint density at radius 2 is 2.06 bits per heavy atom. The molecular formula is C9H7BF3KN2O2. The molecule has 0 aliphatic rings. The van der Waals surface area contributed by atoms with E-state index >= 15 is 0 Å².